The lowest BCUT2D eigenvalue weighted by atomic mass is 10.1. The van der Waals surface area contributed by atoms with Crippen LogP contribution in [0.5, 0.6) is 5.75 Å². The third kappa shape index (κ3) is 3.50. The fourth-order valence-corrected chi connectivity index (χ4v) is 3.48. The smallest absolute Gasteiger partial charge is 0.396 e. The van der Waals surface area contributed by atoms with Gasteiger partial charge >= 0.3 is 7.60 Å². The molecule has 2 rings (SSSR count). The second-order valence-corrected chi connectivity index (χ2v) is 6.52. The van der Waals surface area contributed by atoms with Crippen LogP contribution >= 0.6 is 19.2 Å². The third-order valence-corrected chi connectivity index (χ3v) is 4.90. The van der Waals surface area contributed by atoms with Crippen molar-refractivity contribution in [2.75, 3.05) is 13.2 Å². The number of aromatic hydroxyl groups is 1. The minimum absolute atomic E-state index is 0.0166. The van der Waals surface area contributed by atoms with E-state index in [1.165, 1.54) is 12.1 Å². The van der Waals surface area contributed by atoms with Gasteiger partial charge < -0.3 is 18.6 Å². The number of phenolic OH excluding ortho intramolecular Hbond substituents is 1. The monoisotopic (exact) mass is 330 g/mol. The lowest BCUT2D eigenvalue weighted by molar-refractivity contribution is 0.225. The molecular formula is C14H16ClO5P. The van der Waals surface area contributed by atoms with E-state index in [1.807, 2.05) is 0 Å². The van der Waals surface area contributed by atoms with Crippen molar-refractivity contribution in [3.05, 3.63) is 35.4 Å². The Morgan fingerprint density at radius 2 is 1.86 bits per heavy atom. The molecule has 0 bridgehead atoms. The second-order valence-electron chi connectivity index (χ2n) is 4.13. The van der Waals surface area contributed by atoms with Crippen molar-refractivity contribution < 1.29 is 23.1 Å². The molecule has 2 aromatic rings. The Morgan fingerprint density at radius 3 is 2.48 bits per heavy atom. The molecule has 0 atom stereocenters. The number of phenols is 1. The van der Waals surface area contributed by atoms with Crippen molar-refractivity contribution in [3.63, 3.8) is 0 Å². The van der Waals surface area contributed by atoms with Crippen LogP contribution in [0.3, 0.4) is 0 Å². The van der Waals surface area contributed by atoms with Crippen LogP contribution in [-0.2, 0) is 13.6 Å². The lowest BCUT2D eigenvalue weighted by Gasteiger charge is -2.14. The van der Waals surface area contributed by atoms with E-state index in [0.29, 0.717) is 16.3 Å². The highest BCUT2D eigenvalue weighted by atomic mass is 35.5. The molecule has 0 fully saturated rings. The van der Waals surface area contributed by atoms with Gasteiger partial charge in [0.1, 0.15) is 11.5 Å². The third-order valence-electron chi connectivity index (χ3n) is 2.68. The van der Waals surface area contributed by atoms with Gasteiger partial charge in [0, 0.05) is 5.02 Å². The molecular weight excluding hydrogens is 315 g/mol. The quantitative estimate of drug-likeness (QED) is 0.804. The first-order valence-electron chi connectivity index (χ1n) is 6.48. The summed E-state index contributed by atoms with van der Waals surface area (Å²) in [5, 5.41) is 10.3. The predicted molar refractivity (Wildman–Crippen MR) is 81.3 cm³/mol. The van der Waals surface area contributed by atoms with Crippen molar-refractivity contribution in [2.24, 2.45) is 0 Å². The zero-order valence-corrected chi connectivity index (χ0v) is 13.4. The largest absolute Gasteiger partial charge is 0.507 e. The molecule has 1 aromatic heterocycles. The fraction of sp³-hybridized carbons (Fsp3) is 0.286. The standard InChI is InChI=1S/C14H16ClO5P/c1-3-18-21(17,19-4-2)14-8-7-13(20-14)11-9-10(15)5-6-12(11)16/h5-9,16H,3-4H2,1-2H3. The Bertz CT molecular complexity index is 657. The highest BCUT2D eigenvalue weighted by molar-refractivity contribution is 7.61. The van der Waals surface area contributed by atoms with Crippen LogP contribution in [0.4, 0.5) is 0 Å². The Labute approximate surface area is 128 Å². The summed E-state index contributed by atoms with van der Waals surface area (Å²) in [6.07, 6.45) is 0. The van der Waals surface area contributed by atoms with Gasteiger partial charge in [-0.25, -0.2) is 0 Å². The van der Waals surface area contributed by atoms with E-state index in [9.17, 15) is 9.67 Å². The molecule has 0 amide bonds. The lowest BCUT2D eigenvalue weighted by Crippen LogP contribution is -2.08. The normalized spacial score (nSPS) is 11.8. The average Bonchev–Trinajstić information content (AvgIpc) is 2.92. The molecule has 0 unspecified atom stereocenters. The summed E-state index contributed by atoms with van der Waals surface area (Å²) in [4.78, 5) is 0. The number of hydrogen-bond acceptors (Lipinski definition) is 5. The van der Waals surface area contributed by atoms with E-state index in [-0.39, 0.29) is 24.5 Å². The van der Waals surface area contributed by atoms with E-state index in [2.05, 4.69) is 0 Å². The van der Waals surface area contributed by atoms with Crippen LogP contribution in [0, 0.1) is 0 Å². The molecule has 114 valence electrons. The average molecular weight is 331 g/mol. The number of hydrogen-bond donors (Lipinski definition) is 1. The van der Waals surface area contributed by atoms with Crippen molar-refractivity contribution in [1.82, 2.24) is 0 Å². The molecule has 0 aliphatic rings. The Hall–Kier alpha value is -1.26. The maximum Gasteiger partial charge on any atom is 0.396 e. The van der Waals surface area contributed by atoms with Gasteiger partial charge in [0.05, 0.1) is 18.8 Å². The summed E-state index contributed by atoms with van der Waals surface area (Å²) in [5.74, 6) is 0.354. The topological polar surface area (TPSA) is 68.9 Å². The molecule has 0 saturated carbocycles. The molecule has 1 N–H and O–H groups in total. The summed E-state index contributed by atoms with van der Waals surface area (Å²) >= 11 is 5.91. The Kier molecular flexibility index (Phi) is 5.12. The maximum atomic E-state index is 12.6. The summed E-state index contributed by atoms with van der Waals surface area (Å²) in [6, 6.07) is 7.69. The first kappa shape index (κ1) is 16.1. The van der Waals surface area contributed by atoms with E-state index in [1.54, 1.807) is 32.0 Å². The van der Waals surface area contributed by atoms with Crippen LogP contribution in [0.2, 0.25) is 5.02 Å². The molecule has 0 aliphatic heterocycles. The van der Waals surface area contributed by atoms with Crippen LogP contribution < -0.4 is 5.50 Å². The van der Waals surface area contributed by atoms with Gasteiger partial charge in [-0.05, 0) is 44.2 Å². The van der Waals surface area contributed by atoms with E-state index in [0.717, 1.165) is 0 Å². The predicted octanol–water partition coefficient (Wildman–Crippen LogP) is 4.20. The molecule has 7 heteroatoms. The summed E-state index contributed by atoms with van der Waals surface area (Å²) in [7, 11) is -3.48. The van der Waals surface area contributed by atoms with Gasteiger partial charge in [0.15, 0.2) is 0 Å². The maximum absolute atomic E-state index is 12.6. The number of halogens is 1. The zero-order valence-electron chi connectivity index (χ0n) is 11.7. The van der Waals surface area contributed by atoms with Gasteiger partial charge in [-0.2, -0.15) is 0 Å². The minimum atomic E-state index is -3.48. The van der Waals surface area contributed by atoms with Gasteiger partial charge in [-0.3, -0.25) is 4.57 Å². The molecule has 0 saturated heterocycles. The first-order chi connectivity index (χ1) is 10.00. The molecule has 0 aliphatic carbocycles. The van der Waals surface area contributed by atoms with Crippen molar-refractivity contribution in [2.45, 2.75) is 13.8 Å². The molecule has 21 heavy (non-hydrogen) atoms. The van der Waals surface area contributed by atoms with E-state index in [4.69, 9.17) is 25.1 Å². The molecule has 0 spiro atoms. The highest BCUT2D eigenvalue weighted by Gasteiger charge is 2.31. The molecule has 0 radical (unpaired) electrons. The van der Waals surface area contributed by atoms with E-state index < -0.39 is 7.60 Å². The molecule has 1 heterocycles. The van der Waals surface area contributed by atoms with Gasteiger partial charge in [-0.15, -0.1) is 0 Å². The van der Waals surface area contributed by atoms with E-state index >= 15 is 0 Å². The highest BCUT2D eigenvalue weighted by Crippen LogP contribution is 2.48. The SMILES string of the molecule is CCOP(=O)(OCC)c1ccc(-c2cc(Cl)ccc2O)o1. The fourth-order valence-electron chi connectivity index (χ4n) is 1.83. The van der Waals surface area contributed by atoms with Crippen LogP contribution in [0.25, 0.3) is 11.3 Å². The molecule has 5 nitrogen and oxygen atoms in total. The number of rotatable bonds is 6. The van der Waals surface area contributed by atoms with Crippen molar-refractivity contribution in [3.8, 4) is 17.1 Å². The second kappa shape index (κ2) is 6.67. The Balaban J connectivity index is 2.41. The number of furan rings is 1. The van der Waals surface area contributed by atoms with Crippen molar-refractivity contribution in [1.29, 1.82) is 0 Å². The van der Waals surface area contributed by atoms with Crippen molar-refractivity contribution >= 4 is 24.7 Å². The first-order valence-corrected chi connectivity index (χ1v) is 8.40. The van der Waals surface area contributed by atoms with Gasteiger partial charge in [0.2, 0.25) is 5.50 Å². The Morgan fingerprint density at radius 1 is 1.19 bits per heavy atom. The summed E-state index contributed by atoms with van der Waals surface area (Å²) in [5.41, 5.74) is 0.508. The number of benzene rings is 1. The van der Waals surface area contributed by atoms with Crippen LogP contribution in [0.1, 0.15) is 13.8 Å². The summed E-state index contributed by atoms with van der Waals surface area (Å²) in [6.45, 7) is 3.90. The summed E-state index contributed by atoms with van der Waals surface area (Å²) < 4.78 is 28.5. The van der Waals surface area contributed by atoms with Gasteiger partial charge in [0.25, 0.3) is 0 Å². The molecule has 1 aromatic carbocycles. The zero-order chi connectivity index (χ0) is 15.5. The van der Waals surface area contributed by atoms with Crippen LogP contribution in [0.15, 0.2) is 34.7 Å². The van der Waals surface area contributed by atoms with Crippen LogP contribution in [-0.4, -0.2) is 18.3 Å². The minimum Gasteiger partial charge on any atom is -0.507 e. The van der Waals surface area contributed by atoms with Gasteiger partial charge in [-0.1, -0.05) is 11.6 Å².